The second-order valence-corrected chi connectivity index (χ2v) is 10.5. The van der Waals surface area contributed by atoms with E-state index in [4.69, 9.17) is 11.6 Å². The zero-order valence-electron chi connectivity index (χ0n) is 19.3. The van der Waals surface area contributed by atoms with Gasteiger partial charge in [-0.05, 0) is 49.6 Å². The van der Waals surface area contributed by atoms with Crippen molar-refractivity contribution in [1.29, 1.82) is 0 Å². The molecule has 3 amide bonds. The Hall–Kier alpha value is -2.91. The van der Waals surface area contributed by atoms with Gasteiger partial charge in [-0.2, -0.15) is 0 Å². The van der Waals surface area contributed by atoms with Crippen LogP contribution in [-0.2, 0) is 26.2 Å². The SMILES string of the molecule is CC[C@H](C)NC(=O)[C@H](CC)N(Cc1ccc(Cl)cc1)C(=O)CN1C(=O)c2ccccc2S1(=O)=O. The second kappa shape index (κ2) is 10.6. The van der Waals surface area contributed by atoms with Crippen molar-refractivity contribution in [1.82, 2.24) is 14.5 Å². The summed E-state index contributed by atoms with van der Waals surface area (Å²) in [6.45, 7) is 4.93. The van der Waals surface area contributed by atoms with Crippen molar-refractivity contribution < 1.29 is 22.8 Å². The molecule has 182 valence electrons. The van der Waals surface area contributed by atoms with Crippen molar-refractivity contribution in [3.8, 4) is 0 Å². The van der Waals surface area contributed by atoms with Crippen LogP contribution >= 0.6 is 11.6 Å². The highest BCUT2D eigenvalue weighted by Gasteiger charge is 2.43. The van der Waals surface area contributed by atoms with Crippen LogP contribution < -0.4 is 5.32 Å². The number of hydrogen-bond acceptors (Lipinski definition) is 5. The molecule has 1 aliphatic rings. The first-order chi connectivity index (χ1) is 16.1. The van der Waals surface area contributed by atoms with Crippen molar-refractivity contribution in [3.63, 3.8) is 0 Å². The lowest BCUT2D eigenvalue weighted by Crippen LogP contribution is -2.53. The highest BCUT2D eigenvalue weighted by Crippen LogP contribution is 2.30. The van der Waals surface area contributed by atoms with Gasteiger partial charge < -0.3 is 10.2 Å². The maximum absolute atomic E-state index is 13.5. The number of nitrogens with one attached hydrogen (secondary N) is 1. The van der Waals surface area contributed by atoms with Crippen LogP contribution in [0.25, 0.3) is 0 Å². The minimum atomic E-state index is -4.16. The van der Waals surface area contributed by atoms with E-state index in [1.807, 2.05) is 13.8 Å². The first kappa shape index (κ1) is 25.7. The number of carbonyl (C=O) groups is 3. The molecule has 0 saturated carbocycles. The summed E-state index contributed by atoms with van der Waals surface area (Å²) in [4.78, 5) is 40.5. The number of nitrogens with zero attached hydrogens (tertiary/aromatic N) is 2. The molecule has 0 saturated heterocycles. The molecule has 1 aliphatic heterocycles. The average Bonchev–Trinajstić information content (AvgIpc) is 3.00. The zero-order valence-corrected chi connectivity index (χ0v) is 20.9. The fraction of sp³-hybridized carbons (Fsp3) is 0.375. The van der Waals surface area contributed by atoms with Gasteiger partial charge in [-0.25, -0.2) is 12.7 Å². The lowest BCUT2D eigenvalue weighted by molar-refractivity contribution is -0.141. The summed E-state index contributed by atoms with van der Waals surface area (Å²) in [5, 5.41) is 3.41. The van der Waals surface area contributed by atoms with E-state index in [1.54, 1.807) is 37.3 Å². The quantitative estimate of drug-likeness (QED) is 0.563. The van der Waals surface area contributed by atoms with Gasteiger partial charge in [-0.1, -0.05) is 49.7 Å². The first-order valence-corrected chi connectivity index (χ1v) is 12.9. The smallest absolute Gasteiger partial charge is 0.269 e. The van der Waals surface area contributed by atoms with E-state index in [0.717, 1.165) is 0 Å². The standard InChI is InChI=1S/C24H28ClN3O5S/c1-4-16(3)26-23(30)20(5-2)27(14-17-10-12-18(25)13-11-17)22(29)15-28-24(31)19-8-6-7-9-21(19)34(28,32)33/h6-13,16,20H,4-5,14-15H2,1-3H3,(H,26,30)/t16-,20-/m0/s1. The van der Waals surface area contributed by atoms with Crippen molar-refractivity contribution in [2.45, 2.75) is 57.1 Å². The van der Waals surface area contributed by atoms with Crippen molar-refractivity contribution >= 4 is 39.3 Å². The molecule has 0 radical (unpaired) electrons. The summed E-state index contributed by atoms with van der Waals surface area (Å²) in [5.74, 6) is -1.74. The Morgan fingerprint density at radius 1 is 1.06 bits per heavy atom. The predicted octanol–water partition coefficient (Wildman–Crippen LogP) is 3.21. The van der Waals surface area contributed by atoms with Crippen LogP contribution in [0.4, 0.5) is 0 Å². The van der Waals surface area contributed by atoms with Crippen molar-refractivity contribution in [2.75, 3.05) is 6.54 Å². The number of halogens is 1. The molecule has 2 aromatic carbocycles. The monoisotopic (exact) mass is 505 g/mol. The summed E-state index contributed by atoms with van der Waals surface area (Å²) in [7, 11) is -4.16. The van der Waals surface area contributed by atoms with Gasteiger partial charge in [-0.15, -0.1) is 0 Å². The number of sulfonamides is 1. The summed E-state index contributed by atoms with van der Waals surface area (Å²) in [5.41, 5.74) is 0.743. The van der Waals surface area contributed by atoms with Crippen LogP contribution in [0.15, 0.2) is 53.4 Å². The largest absolute Gasteiger partial charge is 0.352 e. The number of hydrogen-bond donors (Lipinski definition) is 1. The predicted molar refractivity (Wildman–Crippen MR) is 129 cm³/mol. The Morgan fingerprint density at radius 2 is 1.71 bits per heavy atom. The number of rotatable bonds is 9. The van der Waals surface area contributed by atoms with Gasteiger partial charge in [0, 0.05) is 17.6 Å². The highest BCUT2D eigenvalue weighted by atomic mass is 35.5. The number of benzene rings is 2. The molecule has 1 N–H and O–H groups in total. The molecule has 0 unspecified atom stereocenters. The molecule has 3 rings (SSSR count). The van der Waals surface area contributed by atoms with Gasteiger partial charge in [0.1, 0.15) is 17.5 Å². The van der Waals surface area contributed by atoms with Gasteiger partial charge in [0.05, 0.1) is 5.56 Å². The van der Waals surface area contributed by atoms with E-state index in [2.05, 4.69) is 5.32 Å². The summed E-state index contributed by atoms with van der Waals surface area (Å²) < 4.78 is 26.5. The number of fused-ring (bicyclic) bond motifs is 1. The third-order valence-corrected chi connectivity index (χ3v) is 7.88. The van der Waals surface area contributed by atoms with Crippen LogP contribution in [0.2, 0.25) is 5.02 Å². The molecule has 0 fully saturated rings. The van der Waals surface area contributed by atoms with Crippen LogP contribution in [0.1, 0.15) is 49.5 Å². The lowest BCUT2D eigenvalue weighted by atomic mass is 10.1. The maximum atomic E-state index is 13.5. The third-order valence-electron chi connectivity index (χ3n) is 5.84. The average molecular weight is 506 g/mol. The molecule has 8 nitrogen and oxygen atoms in total. The molecule has 0 aliphatic carbocycles. The van der Waals surface area contributed by atoms with Crippen molar-refractivity contribution in [2.24, 2.45) is 0 Å². The number of amides is 3. The number of carbonyl (C=O) groups excluding carboxylic acids is 3. The summed E-state index contributed by atoms with van der Waals surface area (Å²) >= 11 is 5.97. The summed E-state index contributed by atoms with van der Waals surface area (Å²) in [6, 6.07) is 11.7. The van der Waals surface area contributed by atoms with E-state index in [1.165, 1.54) is 23.1 Å². The first-order valence-electron chi connectivity index (χ1n) is 11.1. The van der Waals surface area contributed by atoms with Crippen LogP contribution in [0, 0.1) is 0 Å². The molecule has 0 spiro atoms. The van der Waals surface area contributed by atoms with E-state index in [0.29, 0.717) is 27.7 Å². The molecule has 10 heteroatoms. The van der Waals surface area contributed by atoms with Crippen LogP contribution in [0.5, 0.6) is 0 Å². The molecule has 0 aromatic heterocycles. The van der Waals surface area contributed by atoms with Gasteiger partial charge in [0.15, 0.2) is 0 Å². The van der Waals surface area contributed by atoms with E-state index in [-0.39, 0.29) is 29.0 Å². The van der Waals surface area contributed by atoms with E-state index >= 15 is 0 Å². The topological polar surface area (TPSA) is 104 Å². The van der Waals surface area contributed by atoms with Gasteiger partial charge >= 0.3 is 0 Å². The summed E-state index contributed by atoms with van der Waals surface area (Å²) in [6.07, 6.45) is 1.02. The van der Waals surface area contributed by atoms with Gasteiger partial charge in [0.25, 0.3) is 15.9 Å². The molecule has 2 aromatic rings. The van der Waals surface area contributed by atoms with Crippen LogP contribution in [-0.4, -0.2) is 54.0 Å². The Labute approximate surface area is 204 Å². The molecular weight excluding hydrogens is 478 g/mol. The molecule has 1 heterocycles. The van der Waals surface area contributed by atoms with Gasteiger partial charge in [0.2, 0.25) is 11.8 Å². The second-order valence-electron chi connectivity index (χ2n) is 8.20. The van der Waals surface area contributed by atoms with Crippen molar-refractivity contribution in [3.05, 3.63) is 64.7 Å². The fourth-order valence-electron chi connectivity index (χ4n) is 3.75. The Bertz CT molecular complexity index is 1180. The van der Waals surface area contributed by atoms with E-state index in [9.17, 15) is 22.8 Å². The minimum absolute atomic E-state index is 0.0288. The fourth-order valence-corrected chi connectivity index (χ4v) is 5.39. The van der Waals surface area contributed by atoms with E-state index < -0.39 is 34.4 Å². The third kappa shape index (κ3) is 5.26. The molecule has 0 bridgehead atoms. The normalized spacial score (nSPS) is 16.0. The molecule has 34 heavy (non-hydrogen) atoms. The highest BCUT2D eigenvalue weighted by molar-refractivity contribution is 7.90. The van der Waals surface area contributed by atoms with Crippen LogP contribution in [0.3, 0.4) is 0 Å². The minimum Gasteiger partial charge on any atom is -0.352 e. The maximum Gasteiger partial charge on any atom is 0.269 e. The Morgan fingerprint density at radius 3 is 2.29 bits per heavy atom. The Balaban J connectivity index is 1.92. The lowest BCUT2D eigenvalue weighted by Gasteiger charge is -2.32. The molecule has 2 atom stereocenters. The zero-order chi connectivity index (χ0) is 25.0. The Kier molecular flexibility index (Phi) is 7.99. The van der Waals surface area contributed by atoms with Gasteiger partial charge in [-0.3, -0.25) is 14.4 Å². The molecular formula is C24H28ClN3O5S.